The quantitative estimate of drug-likeness (QED) is 0.821. The summed E-state index contributed by atoms with van der Waals surface area (Å²) in [6.45, 7) is 3.65. The van der Waals surface area contributed by atoms with E-state index in [1.807, 2.05) is 13.8 Å². The van der Waals surface area contributed by atoms with Gasteiger partial charge >= 0.3 is 10.3 Å². The fourth-order valence-electron chi connectivity index (χ4n) is 2.13. The number of unbranched alkanes of at least 4 members (excludes halogenated alkanes) is 1. The summed E-state index contributed by atoms with van der Waals surface area (Å²) in [6.07, 6.45) is 1.61. The largest absolute Gasteiger partial charge is 0.352 e. The normalized spacial score (nSPS) is 22.5. The Labute approximate surface area is 126 Å². The van der Waals surface area contributed by atoms with Crippen LogP contribution in [0.2, 0.25) is 0 Å². The van der Waals surface area contributed by atoms with Crippen molar-refractivity contribution in [3.8, 4) is 0 Å². The van der Waals surface area contributed by atoms with Gasteiger partial charge in [0.2, 0.25) is 0 Å². The van der Waals surface area contributed by atoms with Crippen LogP contribution in [0.25, 0.3) is 0 Å². The molecule has 0 spiro atoms. The molecule has 1 aliphatic heterocycles. The van der Waals surface area contributed by atoms with E-state index < -0.39 is 26.4 Å². The van der Waals surface area contributed by atoms with Gasteiger partial charge in [0.15, 0.2) is 0 Å². The summed E-state index contributed by atoms with van der Waals surface area (Å²) >= 11 is 0. The molecule has 2 rings (SSSR count). The topological polar surface area (TPSA) is 80.8 Å². The Bertz CT molecular complexity index is 695. The molecule has 0 bridgehead atoms. The maximum absolute atomic E-state index is 12.4. The fraction of sp³-hybridized carbons (Fsp3) is 0.538. The molecule has 1 atom stereocenters. The zero-order chi connectivity index (χ0) is 15.7. The van der Waals surface area contributed by atoms with Crippen LogP contribution in [0.3, 0.4) is 0 Å². The van der Waals surface area contributed by atoms with E-state index in [1.54, 1.807) is 12.1 Å². The van der Waals surface area contributed by atoms with Crippen LogP contribution < -0.4 is 0 Å². The molecule has 118 valence electrons. The first-order chi connectivity index (χ1) is 9.77. The van der Waals surface area contributed by atoms with Crippen molar-refractivity contribution in [3.63, 3.8) is 0 Å². The highest BCUT2D eigenvalue weighted by molar-refractivity contribution is 8.02. The van der Waals surface area contributed by atoms with Gasteiger partial charge in [-0.05, 0) is 25.5 Å². The van der Waals surface area contributed by atoms with E-state index in [-0.39, 0.29) is 11.4 Å². The lowest BCUT2D eigenvalue weighted by Gasteiger charge is -2.13. The van der Waals surface area contributed by atoms with Gasteiger partial charge in [-0.1, -0.05) is 41.2 Å². The van der Waals surface area contributed by atoms with Crippen LogP contribution in [0.1, 0.15) is 31.7 Å². The van der Waals surface area contributed by atoms with Crippen molar-refractivity contribution < 1.29 is 21.0 Å². The Morgan fingerprint density at radius 2 is 1.90 bits per heavy atom. The average Bonchev–Trinajstić information content (AvgIpc) is 2.72. The highest BCUT2D eigenvalue weighted by Crippen LogP contribution is 2.28. The van der Waals surface area contributed by atoms with Gasteiger partial charge in [0.1, 0.15) is 0 Å². The second-order valence-electron chi connectivity index (χ2n) is 5.09. The van der Waals surface area contributed by atoms with Crippen LogP contribution in [-0.4, -0.2) is 33.2 Å². The molecule has 1 saturated heterocycles. The third-order valence-electron chi connectivity index (χ3n) is 3.33. The van der Waals surface area contributed by atoms with Gasteiger partial charge in [-0.15, -0.1) is 0 Å². The lowest BCUT2D eigenvalue weighted by atomic mass is 10.2. The van der Waals surface area contributed by atoms with E-state index >= 15 is 0 Å². The van der Waals surface area contributed by atoms with E-state index in [4.69, 9.17) is 4.18 Å². The molecule has 6 nitrogen and oxygen atoms in total. The predicted molar refractivity (Wildman–Crippen MR) is 78.4 cm³/mol. The van der Waals surface area contributed by atoms with E-state index in [0.717, 1.165) is 18.4 Å². The van der Waals surface area contributed by atoms with E-state index in [1.165, 1.54) is 12.1 Å². The summed E-state index contributed by atoms with van der Waals surface area (Å²) in [5.74, 6) is 0. The standard InChI is InChI=1S/C13H19NO5S2/c1-3-4-5-12-10-14(21(17,18)19-12)20(15,16)13-8-6-11(2)7-9-13/h6-9,12H,3-5,10H2,1-2H3. The monoisotopic (exact) mass is 333 g/mol. The molecule has 0 radical (unpaired) electrons. The Kier molecular flexibility index (Phi) is 4.72. The highest BCUT2D eigenvalue weighted by Gasteiger charge is 2.45. The predicted octanol–water partition coefficient (Wildman–Crippen LogP) is 1.82. The lowest BCUT2D eigenvalue weighted by molar-refractivity contribution is 0.230. The summed E-state index contributed by atoms with van der Waals surface area (Å²) in [5.41, 5.74) is 0.898. The molecule has 0 saturated carbocycles. The molecular weight excluding hydrogens is 314 g/mol. The van der Waals surface area contributed by atoms with E-state index in [0.29, 0.717) is 10.1 Å². The molecule has 1 heterocycles. The number of nitrogens with zero attached hydrogens (tertiary/aromatic N) is 1. The van der Waals surface area contributed by atoms with Crippen LogP contribution in [-0.2, 0) is 24.5 Å². The molecule has 1 aromatic rings. The van der Waals surface area contributed by atoms with Crippen LogP contribution in [0, 0.1) is 6.92 Å². The Morgan fingerprint density at radius 3 is 2.48 bits per heavy atom. The minimum atomic E-state index is -4.24. The summed E-state index contributed by atoms with van der Waals surface area (Å²) < 4.78 is 54.2. The lowest BCUT2D eigenvalue weighted by Crippen LogP contribution is -2.33. The molecule has 0 N–H and O–H groups in total. The minimum Gasteiger partial charge on any atom is -0.252 e. The van der Waals surface area contributed by atoms with Crippen molar-refractivity contribution >= 4 is 20.3 Å². The SMILES string of the molecule is CCCCC1CN(S(=O)(=O)c2ccc(C)cc2)S(=O)(=O)O1. The molecule has 0 aliphatic carbocycles. The van der Waals surface area contributed by atoms with Gasteiger partial charge in [0.25, 0.3) is 10.0 Å². The van der Waals surface area contributed by atoms with Gasteiger partial charge in [-0.25, -0.2) is 8.42 Å². The zero-order valence-electron chi connectivity index (χ0n) is 12.0. The molecule has 0 aromatic heterocycles. The second-order valence-corrected chi connectivity index (χ2v) is 8.67. The van der Waals surface area contributed by atoms with Gasteiger partial charge in [0, 0.05) is 0 Å². The first-order valence-corrected chi connectivity index (χ1v) is 9.60. The zero-order valence-corrected chi connectivity index (χ0v) is 13.7. The molecule has 0 amide bonds. The third-order valence-corrected chi connectivity index (χ3v) is 7.18. The van der Waals surface area contributed by atoms with Crippen molar-refractivity contribution in [2.45, 2.75) is 44.1 Å². The van der Waals surface area contributed by atoms with Crippen LogP contribution >= 0.6 is 0 Å². The summed E-state index contributed by atoms with van der Waals surface area (Å²) in [4.78, 5) is -0.0450. The van der Waals surface area contributed by atoms with Crippen LogP contribution in [0.5, 0.6) is 0 Å². The molecule has 1 fully saturated rings. The number of benzene rings is 1. The number of hydrogen-bond acceptors (Lipinski definition) is 5. The molecule has 1 aliphatic rings. The fourth-order valence-corrected chi connectivity index (χ4v) is 5.47. The van der Waals surface area contributed by atoms with Crippen molar-refractivity contribution in [2.75, 3.05) is 6.54 Å². The molecule has 21 heavy (non-hydrogen) atoms. The summed E-state index contributed by atoms with van der Waals surface area (Å²) in [6, 6.07) is 6.06. The maximum Gasteiger partial charge on any atom is 0.352 e. The highest BCUT2D eigenvalue weighted by atomic mass is 32.3. The number of rotatable bonds is 5. The van der Waals surface area contributed by atoms with Crippen molar-refractivity contribution in [1.29, 1.82) is 0 Å². The minimum absolute atomic E-state index is 0.0450. The Morgan fingerprint density at radius 1 is 1.29 bits per heavy atom. The first-order valence-electron chi connectivity index (χ1n) is 6.80. The van der Waals surface area contributed by atoms with Gasteiger partial charge in [0.05, 0.1) is 17.5 Å². The summed E-state index contributed by atoms with van der Waals surface area (Å²) in [7, 11) is -8.34. The Balaban J connectivity index is 2.29. The summed E-state index contributed by atoms with van der Waals surface area (Å²) in [5, 5.41) is 0. The molecular formula is C13H19NO5S2. The van der Waals surface area contributed by atoms with Crippen molar-refractivity contribution in [3.05, 3.63) is 29.8 Å². The van der Waals surface area contributed by atoms with E-state index in [2.05, 4.69) is 0 Å². The molecule has 1 unspecified atom stereocenters. The maximum atomic E-state index is 12.4. The van der Waals surface area contributed by atoms with E-state index in [9.17, 15) is 16.8 Å². The van der Waals surface area contributed by atoms with Gasteiger partial charge in [-0.2, -0.15) is 8.42 Å². The average molecular weight is 333 g/mol. The molecule has 1 aromatic carbocycles. The first kappa shape index (κ1) is 16.4. The van der Waals surface area contributed by atoms with Gasteiger partial charge < -0.3 is 0 Å². The third kappa shape index (κ3) is 3.45. The second kappa shape index (κ2) is 6.04. The number of aryl methyl sites for hydroxylation is 1. The molecule has 8 heteroatoms. The smallest absolute Gasteiger partial charge is 0.252 e. The number of hydrogen-bond donors (Lipinski definition) is 0. The van der Waals surface area contributed by atoms with Crippen molar-refractivity contribution in [1.82, 2.24) is 3.71 Å². The number of sulfonamides is 1. The van der Waals surface area contributed by atoms with Gasteiger partial charge in [-0.3, -0.25) is 4.18 Å². The van der Waals surface area contributed by atoms with Crippen molar-refractivity contribution in [2.24, 2.45) is 0 Å². The van der Waals surface area contributed by atoms with Crippen LogP contribution in [0.4, 0.5) is 0 Å². The Hall–Kier alpha value is -0.960. The van der Waals surface area contributed by atoms with Crippen LogP contribution in [0.15, 0.2) is 29.2 Å².